The predicted molar refractivity (Wildman–Crippen MR) is 52.0 cm³/mol. The number of aliphatic imine (C=N–C) groups is 1. The van der Waals surface area contributed by atoms with Crippen LogP contribution in [0.25, 0.3) is 0 Å². The highest BCUT2D eigenvalue weighted by Gasteiger charge is 2.16. The molecule has 0 aromatic rings. The Hall–Kier alpha value is -0.590. The van der Waals surface area contributed by atoms with Gasteiger partial charge in [-0.25, -0.2) is 0 Å². The molecule has 0 aliphatic heterocycles. The van der Waals surface area contributed by atoms with Crippen molar-refractivity contribution in [2.24, 2.45) is 10.4 Å². The second-order valence-electron chi connectivity index (χ2n) is 3.90. The topological polar surface area (TPSA) is 12.4 Å². The standard InChI is InChI=1S/C10H19N/c1-7-9(10(4,5)6)11-8(2)3/h2,7H2,1,3-6H3. The van der Waals surface area contributed by atoms with Crippen LogP contribution in [0.3, 0.4) is 0 Å². The second kappa shape index (κ2) is 3.70. The lowest BCUT2D eigenvalue weighted by molar-refractivity contribution is 0.579. The van der Waals surface area contributed by atoms with Gasteiger partial charge < -0.3 is 0 Å². The molecule has 0 spiro atoms. The van der Waals surface area contributed by atoms with Crippen molar-refractivity contribution in [1.82, 2.24) is 0 Å². The molecule has 0 heterocycles. The zero-order chi connectivity index (χ0) is 9.07. The van der Waals surface area contributed by atoms with Crippen molar-refractivity contribution in [3.05, 3.63) is 12.3 Å². The molecular weight excluding hydrogens is 134 g/mol. The average Bonchev–Trinajstić information content (AvgIpc) is 1.79. The smallest absolute Gasteiger partial charge is 0.0300 e. The normalized spacial score (nSPS) is 13.4. The molecule has 0 aliphatic rings. The van der Waals surface area contributed by atoms with Gasteiger partial charge in [-0.05, 0) is 13.3 Å². The number of rotatable bonds is 2. The molecule has 0 fully saturated rings. The van der Waals surface area contributed by atoms with Gasteiger partial charge in [-0.2, -0.15) is 0 Å². The molecule has 1 nitrogen and oxygen atoms in total. The van der Waals surface area contributed by atoms with Gasteiger partial charge in [0, 0.05) is 16.8 Å². The van der Waals surface area contributed by atoms with Crippen LogP contribution in [0.1, 0.15) is 41.0 Å². The Morgan fingerprint density at radius 2 is 1.82 bits per heavy atom. The molecule has 0 amide bonds. The van der Waals surface area contributed by atoms with Gasteiger partial charge in [0.15, 0.2) is 0 Å². The molecule has 0 aromatic heterocycles. The summed E-state index contributed by atoms with van der Waals surface area (Å²) in [5.41, 5.74) is 2.31. The van der Waals surface area contributed by atoms with Gasteiger partial charge in [-0.15, -0.1) is 0 Å². The number of allylic oxidation sites excluding steroid dienone is 1. The summed E-state index contributed by atoms with van der Waals surface area (Å²) >= 11 is 0. The Labute approximate surface area is 70.2 Å². The lowest BCUT2D eigenvalue weighted by atomic mass is 9.88. The summed E-state index contributed by atoms with van der Waals surface area (Å²) in [6, 6.07) is 0. The van der Waals surface area contributed by atoms with E-state index in [1.807, 2.05) is 6.92 Å². The molecule has 11 heavy (non-hydrogen) atoms. The van der Waals surface area contributed by atoms with Crippen molar-refractivity contribution in [2.45, 2.75) is 41.0 Å². The van der Waals surface area contributed by atoms with Crippen molar-refractivity contribution in [3.63, 3.8) is 0 Å². The van der Waals surface area contributed by atoms with Crippen LogP contribution in [0.5, 0.6) is 0 Å². The molecule has 0 rings (SSSR count). The summed E-state index contributed by atoms with van der Waals surface area (Å²) in [5.74, 6) is 0. The van der Waals surface area contributed by atoms with E-state index in [9.17, 15) is 0 Å². The minimum absolute atomic E-state index is 0.188. The lowest BCUT2D eigenvalue weighted by Crippen LogP contribution is -2.19. The fraction of sp³-hybridized carbons (Fsp3) is 0.700. The van der Waals surface area contributed by atoms with Gasteiger partial charge in [-0.1, -0.05) is 34.3 Å². The number of nitrogens with zero attached hydrogens (tertiary/aromatic N) is 1. The Kier molecular flexibility index (Phi) is 3.50. The summed E-state index contributed by atoms with van der Waals surface area (Å²) in [6.45, 7) is 14.4. The Morgan fingerprint density at radius 3 is 1.91 bits per heavy atom. The number of hydrogen-bond donors (Lipinski definition) is 0. The summed E-state index contributed by atoms with van der Waals surface area (Å²) < 4.78 is 0. The Bertz CT molecular complexity index is 170. The highest BCUT2D eigenvalue weighted by molar-refractivity contribution is 5.89. The minimum Gasteiger partial charge on any atom is -0.263 e. The van der Waals surface area contributed by atoms with E-state index in [1.165, 1.54) is 5.71 Å². The molecule has 0 bridgehead atoms. The van der Waals surface area contributed by atoms with Crippen LogP contribution >= 0.6 is 0 Å². The highest BCUT2D eigenvalue weighted by atomic mass is 14.8. The van der Waals surface area contributed by atoms with Gasteiger partial charge >= 0.3 is 0 Å². The van der Waals surface area contributed by atoms with Crippen molar-refractivity contribution >= 4 is 5.71 Å². The monoisotopic (exact) mass is 153 g/mol. The Balaban J connectivity index is 4.54. The van der Waals surface area contributed by atoms with Gasteiger partial charge in [0.25, 0.3) is 0 Å². The summed E-state index contributed by atoms with van der Waals surface area (Å²) in [7, 11) is 0. The van der Waals surface area contributed by atoms with Crippen LogP contribution < -0.4 is 0 Å². The van der Waals surface area contributed by atoms with Gasteiger partial charge in [0.2, 0.25) is 0 Å². The largest absolute Gasteiger partial charge is 0.263 e. The van der Waals surface area contributed by atoms with Crippen molar-refractivity contribution in [1.29, 1.82) is 0 Å². The highest BCUT2D eigenvalue weighted by Crippen LogP contribution is 2.19. The van der Waals surface area contributed by atoms with E-state index < -0.39 is 0 Å². The average molecular weight is 153 g/mol. The molecule has 0 unspecified atom stereocenters. The van der Waals surface area contributed by atoms with Crippen LogP contribution in [0.15, 0.2) is 17.3 Å². The molecule has 0 atom stereocenters. The van der Waals surface area contributed by atoms with Gasteiger partial charge in [0.05, 0.1) is 0 Å². The van der Waals surface area contributed by atoms with Crippen molar-refractivity contribution in [2.75, 3.05) is 0 Å². The molecule has 0 radical (unpaired) electrons. The maximum Gasteiger partial charge on any atom is 0.0300 e. The van der Waals surface area contributed by atoms with E-state index in [0.717, 1.165) is 12.1 Å². The van der Waals surface area contributed by atoms with E-state index in [1.54, 1.807) is 0 Å². The minimum atomic E-state index is 0.188. The molecule has 64 valence electrons. The predicted octanol–water partition coefficient (Wildman–Crippen LogP) is 3.42. The van der Waals surface area contributed by atoms with Crippen LogP contribution in [0.4, 0.5) is 0 Å². The Morgan fingerprint density at radius 1 is 1.36 bits per heavy atom. The SMILES string of the molecule is C=C(C)N=C(CC)C(C)(C)C. The van der Waals surface area contributed by atoms with Gasteiger partial charge in [0.1, 0.15) is 0 Å². The third kappa shape index (κ3) is 3.97. The first-order valence-electron chi connectivity index (χ1n) is 4.11. The van der Waals surface area contributed by atoms with Crippen LogP contribution in [-0.2, 0) is 0 Å². The van der Waals surface area contributed by atoms with E-state index in [-0.39, 0.29) is 5.41 Å². The molecule has 0 saturated carbocycles. The third-order valence-corrected chi connectivity index (χ3v) is 1.53. The van der Waals surface area contributed by atoms with Crippen LogP contribution in [0, 0.1) is 5.41 Å². The number of hydrogen-bond acceptors (Lipinski definition) is 1. The maximum absolute atomic E-state index is 4.39. The summed E-state index contributed by atoms with van der Waals surface area (Å²) in [5, 5.41) is 0. The maximum atomic E-state index is 4.39. The van der Waals surface area contributed by atoms with Crippen molar-refractivity contribution < 1.29 is 0 Å². The van der Waals surface area contributed by atoms with Crippen molar-refractivity contribution in [3.8, 4) is 0 Å². The fourth-order valence-electron chi connectivity index (χ4n) is 1.01. The first-order valence-corrected chi connectivity index (χ1v) is 4.11. The van der Waals surface area contributed by atoms with Crippen LogP contribution in [-0.4, -0.2) is 5.71 Å². The zero-order valence-electron chi connectivity index (χ0n) is 8.36. The fourth-order valence-corrected chi connectivity index (χ4v) is 1.01. The molecule has 0 saturated heterocycles. The quantitative estimate of drug-likeness (QED) is 0.539. The molecule has 0 aromatic carbocycles. The second-order valence-corrected chi connectivity index (χ2v) is 3.90. The van der Waals surface area contributed by atoms with E-state index in [2.05, 4.69) is 39.3 Å². The van der Waals surface area contributed by atoms with E-state index >= 15 is 0 Å². The van der Waals surface area contributed by atoms with Gasteiger partial charge in [-0.3, -0.25) is 4.99 Å². The van der Waals surface area contributed by atoms with E-state index in [0.29, 0.717) is 0 Å². The molecule has 0 aliphatic carbocycles. The van der Waals surface area contributed by atoms with E-state index in [4.69, 9.17) is 0 Å². The first-order chi connectivity index (χ1) is 4.88. The first kappa shape index (κ1) is 10.4. The lowest BCUT2D eigenvalue weighted by Gasteiger charge is -2.20. The molecule has 0 N–H and O–H groups in total. The summed E-state index contributed by atoms with van der Waals surface area (Å²) in [4.78, 5) is 4.39. The third-order valence-electron chi connectivity index (χ3n) is 1.53. The molecular formula is C10H19N. The van der Waals surface area contributed by atoms with Crippen LogP contribution in [0.2, 0.25) is 0 Å². The molecule has 1 heteroatoms. The summed E-state index contributed by atoms with van der Waals surface area (Å²) in [6.07, 6.45) is 1.01. The zero-order valence-corrected chi connectivity index (χ0v) is 8.36.